The molecule has 1 aliphatic heterocycles. The van der Waals surface area contributed by atoms with Crippen molar-refractivity contribution in [3.8, 4) is 0 Å². The smallest absolute Gasteiger partial charge is 0.261 e. The summed E-state index contributed by atoms with van der Waals surface area (Å²) in [6.07, 6.45) is 1.03. The van der Waals surface area contributed by atoms with Gasteiger partial charge in [-0.2, -0.15) is 0 Å². The van der Waals surface area contributed by atoms with Crippen molar-refractivity contribution in [2.24, 2.45) is 0 Å². The van der Waals surface area contributed by atoms with E-state index in [-0.39, 0.29) is 10.8 Å². The molecule has 0 aliphatic carbocycles. The van der Waals surface area contributed by atoms with Crippen LogP contribution in [0.4, 0.5) is 11.4 Å². The Hall–Kier alpha value is -2.05. The number of anilines is 2. The molecule has 2 aromatic carbocycles. The van der Waals surface area contributed by atoms with Crippen LogP contribution >= 0.6 is 11.6 Å². The fourth-order valence-corrected chi connectivity index (χ4v) is 3.92. The van der Waals surface area contributed by atoms with E-state index >= 15 is 0 Å². The average molecular weight is 351 g/mol. The van der Waals surface area contributed by atoms with Gasteiger partial charge in [0, 0.05) is 29.9 Å². The molecule has 0 atom stereocenters. The number of carbonyl (C=O) groups is 1. The summed E-state index contributed by atoms with van der Waals surface area (Å²) in [6.45, 7) is 0. The Morgan fingerprint density at radius 1 is 1.13 bits per heavy atom. The molecule has 0 aromatic heterocycles. The van der Waals surface area contributed by atoms with Crippen LogP contribution in [0.1, 0.15) is 12.0 Å². The van der Waals surface area contributed by atoms with Crippen LogP contribution in [0, 0.1) is 0 Å². The second kappa shape index (κ2) is 5.86. The molecule has 1 N–H and O–H groups in total. The van der Waals surface area contributed by atoms with E-state index in [1.165, 1.54) is 12.1 Å². The minimum Gasteiger partial charge on any atom is -0.315 e. The standard InChI is InChI=1S/C16H15ClN2O3S/c1-19-15-7-6-13(9-11(15)5-8-16(19)20)18-23(21,22)14-4-2-3-12(17)10-14/h2-4,6-7,9-10,18H,5,8H2,1H3. The number of hydrogen-bond acceptors (Lipinski definition) is 3. The molecule has 0 saturated carbocycles. The first kappa shape index (κ1) is 15.8. The van der Waals surface area contributed by atoms with E-state index < -0.39 is 10.0 Å². The lowest BCUT2D eigenvalue weighted by Gasteiger charge is -2.26. The lowest BCUT2D eigenvalue weighted by molar-refractivity contribution is -0.118. The number of amides is 1. The Balaban J connectivity index is 1.90. The summed E-state index contributed by atoms with van der Waals surface area (Å²) >= 11 is 5.85. The van der Waals surface area contributed by atoms with E-state index in [2.05, 4.69) is 4.72 Å². The largest absolute Gasteiger partial charge is 0.315 e. The van der Waals surface area contributed by atoms with E-state index in [9.17, 15) is 13.2 Å². The minimum atomic E-state index is -3.70. The van der Waals surface area contributed by atoms with Crippen LogP contribution in [-0.2, 0) is 21.2 Å². The number of aryl methyl sites for hydroxylation is 1. The lowest BCUT2D eigenvalue weighted by atomic mass is 10.0. The van der Waals surface area contributed by atoms with E-state index in [0.717, 1.165) is 11.3 Å². The van der Waals surface area contributed by atoms with Crippen LogP contribution in [0.5, 0.6) is 0 Å². The highest BCUT2D eigenvalue weighted by Crippen LogP contribution is 2.30. The van der Waals surface area contributed by atoms with Gasteiger partial charge in [-0.3, -0.25) is 9.52 Å². The molecule has 23 heavy (non-hydrogen) atoms. The quantitative estimate of drug-likeness (QED) is 0.925. The summed E-state index contributed by atoms with van der Waals surface area (Å²) in [5.74, 6) is 0.0600. The van der Waals surface area contributed by atoms with Crippen LogP contribution in [0.15, 0.2) is 47.4 Å². The number of carbonyl (C=O) groups excluding carboxylic acids is 1. The SMILES string of the molecule is CN1C(=O)CCc2cc(NS(=O)(=O)c3cccc(Cl)c3)ccc21. The highest BCUT2D eigenvalue weighted by atomic mass is 35.5. The Kier molecular flexibility index (Phi) is 4.04. The third-order valence-electron chi connectivity index (χ3n) is 3.78. The number of benzene rings is 2. The van der Waals surface area contributed by atoms with Crippen LogP contribution in [-0.4, -0.2) is 21.4 Å². The summed E-state index contributed by atoms with van der Waals surface area (Å²) in [6, 6.07) is 11.3. The highest BCUT2D eigenvalue weighted by Gasteiger charge is 2.22. The number of nitrogens with one attached hydrogen (secondary N) is 1. The molecular formula is C16H15ClN2O3S. The van der Waals surface area contributed by atoms with Crippen molar-refractivity contribution in [3.63, 3.8) is 0 Å². The monoisotopic (exact) mass is 350 g/mol. The number of hydrogen-bond donors (Lipinski definition) is 1. The summed E-state index contributed by atoms with van der Waals surface area (Å²) in [5.41, 5.74) is 2.22. The molecular weight excluding hydrogens is 336 g/mol. The molecule has 0 unspecified atom stereocenters. The third-order valence-corrected chi connectivity index (χ3v) is 5.40. The number of halogens is 1. The highest BCUT2D eigenvalue weighted by molar-refractivity contribution is 7.92. The molecule has 3 rings (SSSR count). The van der Waals surface area contributed by atoms with E-state index in [0.29, 0.717) is 23.6 Å². The molecule has 7 heteroatoms. The molecule has 1 aliphatic rings. The molecule has 1 heterocycles. The number of rotatable bonds is 3. The van der Waals surface area contributed by atoms with Crippen LogP contribution in [0.2, 0.25) is 5.02 Å². The second-order valence-electron chi connectivity index (χ2n) is 5.36. The summed E-state index contributed by atoms with van der Waals surface area (Å²) in [7, 11) is -1.98. The first-order valence-corrected chi connectivity index (χ1v) is 8.91. The molecule has 2 aromatic rings. The predicted molar refractivity (Wildman–Crippen MR) is 90.4 cm³/mol. The van der Waals surface area contributed by atoms with Crippen LogP contribution < -0.4 is 9.62 Å². The normalized spacial score (nSPS) is 14.5. The molecule has 0 fully saturated rings. The van der Waals surface area contributed by atoms with Gasteiger partial charge in [0.25, 0.3) is 10.0 Å². The predicted octanol–water partition coefficient (Wildman–Crippen LogP) is 3.05. The van der Waals surface area contributed by atoms with Crippen molar-refractivity contribution < 1.29 is 13.2 Å². The Labute approximate surface area is 139 Å². The first-order valence-electron chi connectivity index (χ1n) is 7.05. The van der Waals surface area contributed by atoms with Gasteiger partial charge in [-0.25, -0.2) is 8.42 Å². The Morgan fingerprint density at radius 3 is 2.65 bits per heavy atom. The van der Waals surface area contributed by atoms with E-state index in [1.54, 1.807) is 42.3 Å². The van der Waals surface area contributed by atoms with Crippen molar-refractivity contribution in [3.05, 3.63) is 53.1 Å². The molecule has 0 saturated heterocycles. The molecule has 120 valence electrons. The average Bonchev–Trinajstić information content (AvgIpc) is 2.51. The molecule has 0 bridgehead atoms. The molecule has 0 radical (unpaired) electrons. The number of fused-ring (bicyclic) bond motifs is 1. The van der Waals surface area contributed by atoms with Crippen molar-refractivity contribution in [2.45, 2.75) is 17.7 Å². The van der Waals surface area contributed by atoms with E-state index in [1.807, 2.05) is 0 Å². The fourth-order valence-electron chi connectivity index (χ4n) is 2.57. The summed E-state index contributed by atoms with van der Waals surface area (Å²) in [4.78, 5) is 13.4. The maximum atomic E-state index is 12.4. The van der Waals surface area contributed by atoms with Crippen molar-refractivity contribution in [1.82, 2.24) is 0 Å². The van der Waals surface area contributed by atoms with E-state index in [4.69, 9.17) is 11.6 Å². The van der Waals surface area contributed by atoms with Gasteiger partial charge in [0.05, 0.1) is 4.90 Å². The summed E-state index contributed by atoms with van der Waals surface area (Å²) < 4.78 is 27.4. The first-order chi connectivity index (χ1) is 10.9. The van der Waals surface area contributed by atoms with Crippen molar-refractivity contribution >= 4 is 38.9 Å². The van der Waals surface area contributed by atoms with Crippen molar-refractivity contribution in [2.75, 3.05) is 16.7 Å². The summed E-state index contributed by atoms with van der Waals surface area (Å²) in [5, 5.41) is 0.360. The number of nitrogens with zero attached hydrogens (tertiary/aromatic N) is 1. The zero-order valence-electron chi connectivity index (χ0n) is 12.4. The Bertz CT molecular complexity index is 881. The van der Waals surface area contributed by atoms with Crippen molar-refractivity contribution in [1.29, 1.82) is 0 Å². The van der Waals surface area contributed by atoms with Gasteiger partial charge < -0.3 is 4.90 Å². The van der Waals surface area contributed by atoms with Gasteiger partial charge in [-0.1, -0.05) is 17.7 Å². The molecule has 0 spiro atoms. The maximum absolute atomic E-state index is 12.4. The van der Waals surface area contributed by atoms with Gasteiger partial charge in [-0.05, 0) is 48.4 Å². The zero-order chi connectivity index (χ0) is 16.6. The van der Waals surface area contributed by atoms with Gasteiger partial charge in [0.15, 0.2) is 0 Å². The second-order valence-corrected chi connectivity index (χ2v) is 7.48. The van der Waals surface area contributed by atoms with Crippen LogP contribution in [0.25, 0.3) is 0 Å². The molecule has 5 nitrogen and oxygen atoms in total. The lowest BCUT2D eigenvalue weighted by Crippen LogP contribution is -2.31. The fraction of sp³-hybridized carbons (Fsp3) is 0.188. The number of sulfonamides is 1. The minimum absolute atomic E-state index is 0.0600. The van der Waals surface area contributed by atoms with Gasteiger partial charge >= 0.3 is 0 Å². The van der Waals surface area contributed by atoms with Gasteiger partial charge in [0.1, 0.15) is 0 Å². The van der Waals surface area contributed by atoms with Gasteiger partial charge in [-0.15, -0.1) is 0 Å². The maximum Gasteiger partial charge on any atom is 0.261 e. The third kappa shape index (κ3) is 3.18. The molecule has 1 amide bonds. The zero-order valence-corrected chi connectivity index (χ0v) is 14.0. The topological polar surface area (TPSA) is 66.5 Å². The van der Waals surface area contributed by atoms with Gasteiger partial charge in [0.2, 0.25) is 5.91 Å². The van der Waals surface area contributed by atoms with Crippen LogP contribution in [0.3, 0.4) is 0 Å². The Morgan fingerprint density at radius 2 is 1.91 bits per heavy atom.